The van der Waals surface area contributed by atoms with Crippen molar-refractivity contribution < 1.29 is 24.5 Å². The first-order chi connectivity index (χ1) is 5.65. The maximum atomic E-state index is 10.5. The van der Waals surface area contributed by atoms with E-state index in [0.29, 0.717) is 12.8 Å². The SMILES string of the molecule is CO[C@H]1CC[C@@H](O)C(C(=O)O)O1. The predicted molar refractivity (Wildman–Crippen MR) is 38.5 cm³/mol. The average Bonchev–Trinajstić information content (AvgIpc) is 2.05. The van der Waals surface area contributed by atoms with Crippen LogP contribution in [0.5, 0.6) is 0 Å². The van der Waals surface area contributed by atoms with E-state index in [1.54, 1.807) is 0 Å². The number of carbonyl (C=O) groups is 1. The Kier molecular flexibility index (Phi) is 3.02. The average molecular weight is 176 g/mol. The van der Waals surface area contributed by atoms with Crippen molar-refractivity contribution in [1.82, 2.24) is 0 Å². The van der Waals surface area contributed by atoms with Crippen molar-refractivity contribution >= 4 is 5.97 Å². The highest BCUT2D eigenvalue weighted by molar-refractivity contribution is 5.73. The molecule has 0 saturated carbocycles. The third-order valence-electron chi connectivity index (χ3n) is 1.85. The second-order valence-corrected chi connectivity index (χ2v) is 2.70. The van der Waals surface area contributed by atoms with Gasteiger partial charge in [-0.2, -0.15) is 0 Å². The van der Waals surface area contributed by atoms with Gasteiger partial charge in [0.05, 0.1) is 6.10 Å². The highest BCUT2D eigenvalue weighted by Gasteiger charge is 2.34. The van der Waals surface area contributed by atoms with E-state index < -0.39 is 24.5 Å². The molecule has 0 spiro atoms. The zero-order valence-electron chi connectivity index (χ0n) is 6.77. The van der Waals surface area contributed by atoms with E-state index in [4.69, 9.17) is 14.6 Å². The Morgan fingerprint density at radius 1 is 1.58 bits per heavy atom. The smallest absolute Gasteiger partial charge is 0.335 e. The summed E-state index contributed by atoms with van der Waals surface area (Å²) in [7, 11) is 1.45. The number of carboxylic acid groups (broad SMARTS) is 1. The summed E-state index contributed by atoms with van der Waals surface area (Å²) < 4.78 is 9.76. The number of hydrogen-bond acceptors (Lipinski definition) is 4. The molecule has 1 aliphatic heterocycles. The number of ether oxygens (including phenoxy) is 2. The minimum Gasteiger partial charge on any atom is -0.479 e. The second-order valence-electron chi connectivity index (χ2n) is 2.70. The molecule has 70 valence electrons. The Bertz CT molecular complexity index is 169. The molecule has 1 aliphatic rings. The fourth-order valence-corrected chi connectivity index (χ4v) is 1.18. The number of aliphatic hydroxyl groups is 1. The van der Waals surface area contributed by atoms with Gasteiger partial charge in [-0.1, -0.05) is 0 Å². The maximum absolute atomic E-state index is 10.5. The van der Waals surface area contributed by atoms with Gasteiger partial charge in [0.2, 0.25) is 0 Å². The maximum Gasteiger partial charge on any atom is 0.335 e. The van der Waals surface area contributed by atoms with Crippen LogP contribution in [-0.4, -0.2) is 41.8 Å². The number of carboxylic acids is 1. The van der Waals surface area contributed by atoms with Crippen LogP contribution < -0.4 is 0 Å². The van der Waals surface area contributed by atoms with E-state index in [1.807, 2.05) is 0 Å². The van der Waals surface area contributed by atoms with Gasteiger partial charge in [0, 0.05) is 13.5 Å². The monoisotopic (exact) mass is 176 g/mol. The molecule has 0 aliphatic carbocycles. The molecule has 1 unspecified atom stereocenters. The molecule has 0 aromatic heterocycles. The highest BCUT2D eigenvalue weighted by Crippen LogP contribution is 2.19. The number of hydrogen-bond donors (Lipinski definition) is 2. The van der Waals surface area contributed by atoms with Crippen LogP contribution in [0.25, 0.3) is 0 Å². The van der Waals surface area contributed by atoms with E-state index in [-0.39, 0.29) is 0 Å². The lowest BCUT2D eigenvalue weighted by Gasteiger charge is -2.30. The number of methoxy groups -OCH3 is 1. The van der Waals surface area contributed by atoms with Crippen LogP contribution in [0.4, 0.5) is 0 Å². The van der Waals surface area contributed by atoms with E-state index in [0.717, 1.165) is 0 Å². The molecule has 0 amide bonds. The van der Waals surface area contributed by atoms with E-state index in [2.05, 4.69) is 0 Å². The zero-order valence-corrected chi connectivity index (χ0v) is 6.77. The lowest BCUT2D eigenvalue weighted by Crippen LogP contribution is -2.44. The fraction of sp³-hybridized carbons (Fsp3) is 0.857. The summed E-state index contributed by atoms with van der Waals surface area (Å²) in [6.45, 7) is 0. The first-order valence-corrected chi connectivity index (χ1v) is 3.74. The third kappa shape index (κ3) is 1.94. The molecule has 1 rings (SSSR count). The predicted octanol–water partition coefficient (Wildman–Crippen LogP) is -0.417. The van der Waals surface area contributed by atoms with Gasteiger partial charge < -0.3 is 19.7 Å². The summed E-state index contributed by atoms with van der Waals surface area (Å²) in [4.78, 5) is 10.5. The van der Waals surface area contributed by atoms with Gasteiger partial charge in [0.15, 0.2) is 12.4 Å². The molecule has 2 N–H and O–H groups in total. The van der Waals surface area contributed by atoms with Crippen molar-refractivity contribution in [2.75, 3.05) is 7.11 Å². The van der Waals surface area contributed by atoms with Crippen molar-refractivity contribution in [2.24, 2.45) is 0 Å². The van der Waals surface area contributed by atoms with Gasteiger partial charge >= 0.3 is 5.97 Å². The molecule has 1 saturated heterocycles. The molecular formula is C7H12O5. The molecule has 0 radical (unpaired) electrons. The molecule has 1 fully saturated rings. The van der Waals surface area contributed by atoms with E-state index in [1.165, 1.54) is 7.11 Å². The first kappa shape index (κ1) is 9.44. The van der Waals surface area contributed by atoms with Crippen LogP contribution in [-0.2, 0) is 14.3 Å². The minimum atomic E-state index is -1.15. The van der Waals surface area contributed by atoms with E-state index >= 15 is 0 Å². The topological polar surface area (TPSA) is 76.0 Å². The van der Waals surface area contributed by atoms with Crippen molar-refractivity contribution in [3.63, 3.8) is 0 Å². The first-order valence-electron chi connectivity index (χ1n) is 3.74. The molecule has 1 heterocycles. The van der Waals surface area contributed by atoms with Gasteiger partial charge in [-0.3, -0.25) is 0 Å². The molecule has 3 atom stereocenters. The molecule has 0 aromatic carbocycles. The standard InChI is InChI=1S/C7H12O5/c1-11-5-3-2-4(8)6(12-5)7(9)10/h4-6,8H,2-3H2,1H3,(H,9,10)/t4-,5-,6?/m1/s1. The Balaban J connectivity index is 2.53. The summed E-state index contributed by atoms with van der Waals surface area (Å²) in [6, 6.07) is 0. The molecule has 0 bridgehead atoms. The molecular weight excluding hydrogens is 164 g/mol. The van der Waals surface area contributed by atoms with Crippen LogP contribution in [0.1, 0.15) is 12.8 Å². The van der Waals surface area contributed by atoms with Crippen LogP contribution in [0, 0.1) is 0 Å². The lowest BCUT2D eigenvalue weighted by atomic mass is 10.1. The fourth-order valence-electron chi connectivity index (χ4n) is 1.18. The van der Waals surface area contributed by atoms with Crippen LogP contribution in [0.2, 0.25) is 0 Å². The summed E-state index contributed by atoms with van der Waals surface area (Å²) in [5.41, 5.74) is 0. The van der Waals surface area contributed by atoms with Crippen molar-refractivity contribution in [3.05, 3.63) is 0 Å². The summed E-state index contributed by atoms with van der Waals surface area (Å²) in [5, 5.41) is 17.8. The van der Waals surface area contributed by atoms with Crippen LogP contribution in [0.15, 0.2) is 0 Å². The van der Waals surface area contributed by atoms with Crippen molar-refractivity contribution in [2.45, 2.75) is 31.3 Å². The van der Waals surface area contributed by atoms with Crippen molar-refractivity contribution in [1.29, 1.82) is 0 Å². The zero-order chi connectivity index (χ0) is 9.14. The molecule has 0 aromatic rings. The molecule has 5 nitrogen and oxygen atoms in total. The number of aliphatic hydroxyl groups excluding tert-OH is 1. The summed E-state index contributed by atoms with van der Waals surface area (Å²) >= 11 is 0. The largest absolute Gasteiger partial charge is 0.479 e. The Morgan fingerprint density at radius 2 is 2.25 bits per heavy atom. The van der Waals surface area contributed by atoms with Gasteiger partial charge in [-0.05, 0) is 6.42 Å². The quantitative estimate of drug-likeness (QED) is 0.597. The number of rotatable bonds is 2. The Labute approximate surface area is 69.9 Å². The highest BCUT2D eigenvalue weighted by atomic mass is 16.7. The van der Waals surface area contributed by atoms with Gasteiger partial charge in [-0.25, -0.2) is 4.79 Å². The Morgan fingerprint density at radius 3 is 2.75 bits per heavy atom. The third-order valence-corrected chi connectivity index (χ3v) is 1.85. The normalized spacial score (nSPS) is 36.3. The molecule has 12 heavy (non-hydrogen) atoms. The summed E-state index contributed by atoms with van der Waals surface area (Å²) in [5.74, 6) is -1.15. The lowest BCUT2D eigenvalue weighted by molar-refractivity contribution is -0.220. The van der Waals surface area contributed by atoms with Gasteiger partial charge in [0.25, 0.3) is 0 Å². The van der Waals surface area contributed by atoms with Gasteiger partial charge in [0.1, 0.15) is 0 Å². The molecule has 5 heteroatoms. The van der Waals surface area contributed by atoms with Crippen molar-refractivity contribution in [3.8, 4) is 0 Å². The van der Waals surface area contributed by atoms with E-state index in [9.17, 15) is 9.90 Å². The number of aliphatic carboxylic acids is 1. The van der Waals surface area contributed by atoms with Crippen LogP contribution >= 0.6 is 0 Å². The minimum absolute atomic E-state index is 0.398. The second kappa shape index (κ2) is 3.84. The summed E-state index contributed by atoms with van der Waals surface area (Å²) in [6.07, 6.45) is -1.65. The van der Waals surface area contributed by atoms with Crippen LogP contribution in [0.3, 0.4) is 0 Å². The Hall–Kier alpha value is -0.650. The van der Waals surface area contributed by atoms with Gasteiger partial charge in [-0.15, -0.1) is 0 Å².